The van der Waals surface area contributed by atoms with Gasteiger partial charge in [0.2, 0.25) is 0 Å². The van der Waals surface area contributed by atoms with E-state index in [1.165, 1.54) is 19.3 Å². The molecule has 0 bridgehead atoms. The number of nitrogens with one attached hydrogen (secondary N) is 1. The van der Waals surface area contributed by atoms with Gasteiger partial charge in [0.1, 0.15) is 6.07 Å². The lowest BCUT2D eigenvalue weighted by molar-refractivity contribution is 0.350. The molecule has 1 atom stereocenters. The topological polar surface area (TPSA) is 35.8 Å². The van der Waals surface area contributed by atoms with Gasteiger partial charge in [-0.15, -0.1) is 0 Å². The molecule has 1 aliphatic carbocycles. The Morgan fingerprint density at radius 3 is 2.76 bits per heavy atom. The van der Waals surface area contributed by atoms with Crippen LogP contribution in [0.15, 0.2) is 18.2 Å². The van der Waals surface area contributed by atoms with Crippen LogP contribution in [0.25, 0.3) is 0 Å². The second-order valence-electron chi connectivity index (χ2n) is 5.69. The standard InChI is InChI=1S/C15H20N2/c1-11-6-4-7-12(10-16)14(11)17-13-8-5-9-15(13,2)3/h4,6-7,13,17H,5,8-9H2,1-3H3. The van der Waals surface area contributed by atoms with E-state index >= 15 is 0 Å². The lowest BCUT2D eigenvalue weighted by Crippen LogP contribution is -2.31. The van der Waals surface area contributed by atoms with Gasteiger partial charge in [0.05, 0.1) is 11.3 Å². The van der Waals surface area contributed by atoms with Gasteiger partial charge in [0, 0.05) is 6.04 Å². The number of para-hydroxylation sites is 1. The quantitative estimate of drug-likeness (QED) is 0.834. The van der Waals surface area contributed by atoms with E-state index in [2.05, 4.69) is 38.2 Å². The number of benzene rings is 1. The maximum atomic E-state index is 9.16. The fourth-order valence-corrected chi connectivity index (χ4v) is 2.72. The highest BCUT2D eigenvalue weighted by Crippen LogP contribution is 2.39. The minimum Gasteiger partial charge on any atom is -0.380 e. The molecule has 17 heavy (non-hydrogen) atoms. The third kappa shape index (κ3) is 2.29. The second kappa shape index (κ2) is 4.41. The van der Waals surface area contributed by atoms with Gasteiger partial charge in [-0.1, -0.05) is 32.4 Å². The maximum Gasteiger partial charge on any atom is 0.101 e. The average Bonchev–Trinajstić information content (AvgIpc) is 2.61. The van der Waals surface area contributed by atoms with E-state index in [4.69, 9.17) is 5.26 Å². The monoisotopic (exact) mass is 228 g/mol. The van der Waals surface area contributed by atoms with Gasteiger partial charge in [0.15, 0.2) is 0 Å². The molecule has 0 saturated heterocycles. The molecule has 1 unspecified atom stereocenters. The van der Waals surface area contributed by atoms with Crippen LogP contribution < -0.4 is 5.32 Å². The number of hydrogen-bond acceptors (Lipinski definition) is 2. The highest BCUT2D eigenvalue weighted by Gasteiger charge is 2.34. The van der Waals surface area contributed by atoms with E-state index in [-0.39, 0.29) is 0 Å². The molecular formula is C15H20N2. The highest BCUT2D eigenvalue weighted by molar-refractivity contribution is 5.62. The Balaban J connectivity index is 2.28. The number of nitrogens with zero attached hydrogens (tertiary/aromatic N) is 1. The van der Waals surface area contributed by atoms with Crippen LogP contribution in [0.2, 0.25) is 0 Å². The van der Waals surface area contributed by atoms with E-state index < -0.39 is 0 Å². The van der Waals surface area contributed by atoms with Gasteiger partial charge in [-0.2, -0.15) is 5.26 Å². The largest absolute Gasteiger partial charge is 0.380 e. The fourth-order valence-electron chi connectivity index (χ4n) is 2.72. The first-order chi connectivity index (χ1) is 8.04. The van der Waals surface area contributed by atoms with Crippen molar-refractivity contribution in [2.75, 3.05) is 5.32 Å². The first kappa shape index (κ1) is 12.0. The van der Waals surface area contributed by atoms with Gasteiger partial charge in [0.25, 0.3) is 0 Å². The Hall–Kier alpha value is -1.49. The molecule has 1 aliphatic rings. The normalized spacial score (nSPS) is 22.1. The van der Waals surface area contributed by atoms with Crippen molar-refractivity contribution in [3.63, 3.8) is 0 Å². The molecule has 90 valence electrons. The number of aryl methyl sites for hydroxylation is 1. The molecule has 1 saturated carbocycles. The minimum atomic E-state index is 0.328. The Kier molecular flexibility index (Phi) is 3.11. The van der Waals surface area contributed by atoms with Crippen LogP contribution in [-0.2, 0) is 0 Å². The first-order valence-electron chi connectivity index (χ1n) is 6.31. The molecule has 2 nitrogen and oxygen atoms in total. The average molecular weight is 228 g/mol. The van der Waals surface area contributed by atoms with E-state index in [0.29, 0.717) is 11.5 Å². The summed E-state index contributed by atoms with van der Waals surface area (Å²) in [6.45, 7) is 6.68. The number of nitriles is 1. The van der Waals surface area contributed by atoms with Crippen LogP contribution in [0.5, 0.6) is 0 Å². The summed E-state index contributed by atoms with van der Waals surface area (Å²) in [4.78, 5) is 0. The van der Waals surface area contributed by atoms with Crippen molar-refractivity contribution in [2.24, 2.45) is 5.41 Å². The number of anilines is 1. The zero-order chi connectivity index (χ0) is 12.5. The molecular weight excluding hydrogens is 208 g/mol. The third-order valence-electron chi connectivity index (χ3n) is 3.97. The van der Waals surface area contributed by atoms with Crippen molar-refractivity contribution in [3.8, 4) is 6.07 Å². The number of hydrogen-bond donors (Lipinski definition) is 1. The molecule has 0 heterocycles. The van der Waals surface area contributed by atoms with E-state index in [1.807, 2.05) is 12.1 Å². The molecule has 0 aliphatic heterocycles. The SMILES string of the molecule is Cc1cccc(C#N)c1NC1CCCC1(C)C. The third-order valence-corrected chi connectivity index (χ3v) is 3.97. The molecule has 0 spiro atoms. The summed E-state index contributed by atoms with van der Waals surface area (Å²) in [7, 11) is 0. The van der Waals surface area contributed by atoms with Crippen LogP contribution in [0.1, 0.15) is 44.2 Å². The van der Waals surface area contributed by atoms with Crippen molar-refractivity contribution in [3.05, 3.63) is 29.3 Å². The summed E-state index contributed by atoms with van der Waals surface area (Å²) in [6, 6.07) is 8.65. The highest BCUT2D eigenvalue weighted by atomic mass is 14.9. The zero-order valence-corrected chi connectivity index (χ0v) is 10.9. The summed E-state index contributed by atoms with van der Waals surface area (Å²) >= 11 is 0. The van der Waals surface area contributed by atoms with Crippen LogP contribution >= 0.6 is 0 Å². The lowest BCUT2D eigenvalue weighted by atomic mass is 9.87. The summed E-state index contributed by atoms with van der Waals surface area (Å²) < 4.78 is 0. The molecule has 2 heteroatoms. The Bertz CT molecular complexity index is 454. The predicted molar refractivity (Wildman–Crippen MR) is 70.9 cm³/mol. The van der Waals surface area contributed by atoms with Crippen molar-refractivity contribution in [2.45, 2.75) is 46.1 Å². The maximum absolute atomic E-state index is 9.16. The van der Waals surface area contributed by atoms with Gasteiger partial charge in [-0.3, -0.25) is 0 Å². The van der Waals surface area contributed by atoms with Crippen LogP contribution in [-0.4, -0.2) is 6.04 Å². The summed E-state index contributed by atoms with van der Waals surface area (Å²) in [5.74, 6) is 0. The van der Waals surface area contributed by atoms with Crippen molar-refractivity contribution in [1.82, 2.24) is 0 Å². The van der Waals surface area contributed by atoms with Crippen molar-refractivity contribution >= 4 is 5.69 Å². The van der Waals surface area contributed by atoms with Gasteiger partial charge >= 0.3 is 0 Å². The van der Waals surface area contributed by atoms with Gasteiger partial charge in [-0.25, -0.2) is 0 Å². The van der Waals surface area contributed by atoms with Crippen LogP contribution in [0.4, 0.5) is 5.69 Å². The van der Waals surface area contributed by atoms with Crippen LogP contribution in [0, 0.1) is 23.7 Å². The van der Waals surface area contributed by atoms with E-state index in [9.17, 15) is 0 Å². The van der Waals surface area contributed by atoms with Gasteiger partial charge < -0.3 is 5.32 Å². The molecule has 2 rings (SSSR count). The minimum absolute atomic E-state index is 0.328. The molecule has 1 aromatic carbocycles. The molecule has 1 fully saturated rings. The van der Waals surface area contributed by atoms with Crippen molar-refractivity contribution < 1.29 is 0 Å². The predicted octanol–water partition coefficient (Wildman–Crippen LogP) is 3.86. The molecule has 1 N–H and O–H groups in total. The van der Waals surface area contributed by atoms with E-state index in [0.717, 1.165) is 16.8 Å². The zero-order valence-electron chi connectivity index (χ0n) is 10.9. The summed E-state index contributed by atoms with van der Waals surface area (Å²) in [5.41, 5.74) is 3.27. The smallest absolute Gasteiger partial charge is 0.101 e. The molecule has 1 aromatic rings. The van der Waals surface area contributed by atoms with Gasteiger partial charge in [-0.05, 0) is 36.8 Å². The Morgan fingerprint density at radius 2 is 2.18 bits per heavy atom. The number of rotatable bonds is 2. The van der Waals surface area contributed by atoms with E-state index in [1.54, 1.807) is 0 Å². The fraction of sp³-hybridized carbons (Fsp3) is 0.533. The molecule has 0 aromatic heterocycles. The Labute approximate surface area is 104 Å². The summed E-state index contributed by atoms with van der Waals surface area (Å²) in [5, 5.41) is 12.8. The molecule has 0 radical (unpaired) electrons. The first-order valence-corrected chi connectivity index (χ1v) is 6.31. The second-order valence-corrected chi connectivity index (χ2v) is 5.69. The molecule has 0 amide bonds. The van der Waals surface area contributed by atoms with Crippen molar-refractivity contribution in [1.29, 1.82) is 5.26 Å². The van der Waals surface area contributed by atoms with Crippen LogP contribution in [0.3, 0.4) is 0 Å². The lowest BCUT2D eigenvalue weighted by Gasteiger charge is -2.29. The Morgan fingerprint density at radius 1 is 1.41 bits per heavy atom. The summed E-state index contributed by atoms with van der Waals surface area (Å²) in [6.07, 6.45) is 3.74.